The molecule has 1 saturated carbocycles. The Labute approximate surface area is 79.7 Å². The van der Waals surface area contributed by atoms with E-state index in [4.69, 9.17) is 0 Å². The number of Topliss-reactive ketones (excluding diaryl/α,β-unsaturated/α-hetero) is 2. The van der Waals surface area contributed by atoms with E-state index in [1.54, 1.807) is 6.92 Å². The van der Waals surface area contributed by atoms with Crippen LogP contribution in [0.3, 0.4) is 0 Å². The van der Waals surface area contributed by atoms with Gasteiger partial charge in [-0.2, -0.15) is 0 Å². The lowest BCUT2D eigenvalue weighted by molar-refractivity contribution is -0.141. The molecule has 1 aliphatic rings. The topological polar surface area (TPSA) is 34.1 Å². The first-order valence-electron chi connectivity index (χ1n) is 5.08. The van der Waals surface area contributed by atoms with Gasteiger partial charge in [0, 0.05) is 17.8 Å². The number of rotatable bonds is 2. The van der Waals surface area contributed by atoms with Crippen LogP contribution in [0.1, 0.15) is 46.5 Å². The molecule has 0 aromatic carbocycles. The molecule has 0 amide bonds. The summed E-state index contributed by atoms with van der Waals surface area (Å²) in [6.07, 6.45) is 3.24. The van der Waals surface area contributed by atoms with Gasteiger partial charge in [0.05, 0.1) is 0 Å². The molecular formula is C11H18O2. The fraction of sp³-hybridized carbons (Fsp3) is 0.818. The number of carbonyl (C=O) groups is 2. The van der Waals surface area contributed by atoms with Crippen molar-refractivity contribution in [2.45, 2.75) is 46.5 Å². The molecule has 2 heteroatoms. The largest absolute Gasteiger partial charge is 0.299 e. The van der Waals surface area contributed by atoms with Crippen molar-refractivity contribution in [2.24, 2.45) is 11.3 Å². The predicted octanol–water partition coefficient (Wildman–Crippen LogP) is 2.36. The first kappa shape index (κ1) is 10.4. The SMILES string of the molecule is CCC1(C(C)=O)CCCC(=O)[C@@H]1C. The van der Waals surface area contributed by atoms with Gasteiger partial charge in [-0.3, -0.25) is 9.59 Å². The molecule has 74 valence electrons. The van der Waals surface area contributed by atoms with Crippen LogP contribution in [0, 0.1) is 11.3 Å². The van der Waals surface area contributed by atoms with Gasteiger partial charge in [-0.1, -0.05) is 13.8 Å². The average Bonchev–Trinajstić information content (AvgIpc) is 2.09. The summed E-state index contributed by atoms with van der Waals surface area (Å²) in [5, 5.41) is 0. The van der Waals surface area contributed by atoms with Gasteiger partial charge in [0.15, 0.2) is 0 Å². The molecule has 2 atom stereocenters. The van der Waals surface area contributed by atoms with Gasteiger partial charge in [-0.05, 0) is 26.2 Å². The van der Waals surface area contributed by atoms with Crippen molar-refractivity contribution in [3.05, 3.63) is 0 Å². The zero-order valence-electron chi connectivity index (χ0n) is 8.72. The molecule has 1 fully saturated rings. The van der Waals surface area contributed by atoms with E-state index in [2.05, 4.69) is 0 Å². The molecule has 1 aliphatic carbocycles. The maximum Gasteiger partial charge on any atom is 0.136 e. The fourth-order valence-electron chi connectivity index (χ4n) is 2.53. The second-order valence-corrected chi connectivity index (χ2v) is 4.11. The Kier molecular flexibility index (Phi) is 2.89. The van der Waals surface area contributed by atoms with Crippen LogP contribution in [0.25, 0.3) is 0 Å². The molecule has 0 bridgehead atoms. The standard InChI is InChI=1S/C11H18O2/c1-4-11(9(3)12)7-5-6-10(13)8(11)2/h8H,4-7H2,1-3H3/t8-,11?/m0/s1. The minimum absolute atomic E-state index is 0.0660. The van der Waals surface area contributed by atoms with Gasteiger partial charge >= 0.3 is 0 Å². The summed E-state index contributed by atoms with van der Waals surface area (Å²) in [5.41, 5.74) is -0.338. The lowest BCUT2D eigenvalue weighted by Gasteiger charge is -2.38. The zero-order valence-corrected chi connectivity index (χ0v) is 8.72. The molecule has 0 aromatic rings. The van der Waals surface area contributed by atoms with E-state index in [-0.39, 0.29) is 22.9 Å². The van der Waals surface area contributed by atoms with Crippen molar-refractivity contribution >= 4 is 11.6 Å². The van der Waals surface area contributed by atoms with Crippen molar-refractivity contribution in [1.29, 1.82) is 0 Å². The Morgan fingerprint density at radius 1 is 1.62 bits per heavy atom. The van der Waals surface area contributed by atoms with Crippen molar-refractivity contribution in [2.75, 3.05) is 0 Å². The van der Waals surface area contributed by atoms with Crippen LogP contribution in [0.4, 0.5) is 0 Å². The van der Waals surface area contributed by atoms with E-state index in [1.165, 1.54) is 0 Å². The van der Waals surface area contributed by atoms with Crippen molar-refractivity contribution < 1.29 is 9.59 Å². The van der Waals surface area contributed by atoms with Crippen LogP contribution in [0.2, 0.25) is 0 Å². The highest BCUT2D eigenvalue weighted by Gasteiger charge is 2.44. The Balaban J connectivity index is 2.96. The quantitative estimate of drug-likeness (QED) is 0.657. The first-order chi connectivity index (χ1) is 6.04. The normalized spacial score (nSPS) is 34.7. The van der Waals surface area contributed by atoms with Crippen LogP contribution in [-0.2, 0) is 9.59 Å². The average molecular weight is 182 g/mol. The number of ketones is 2. The van der Waals surface area contributed by atoms with Gasteiger partial charge in [-0.15, -0.1) is 0 Å². The Bertz CT molecular complexity index is 232. The molecule has 0 aliphatic heterocycles. The summed E-state index contributed by atoms with van der Waals surface area (Å²) < 4.78 is 0. The second-order valence-electron chi connectivity index (χ2n) is 4.11. The highest BCUT2D eigenvalue weighted by molar-refractivity contribution is 5.92. The zero-order chi connectivity index (χ0) is 10.1. The van der Waals surface area contributed by atoms with Gasteiger partial charge < -0.3 is 0 Å². The van der Waals surface area contributed by atoms with Crippen LogP contribution < -0.4 is 0 Å². The monoisotopic (exact) mass is 182 g/mol. The van der Waals surface area contributed by atoms with E-state index >= 15 is 0 Å². The third kappa shape index (κ3) is 1.54. The maximum absolute atomic E-state index is 11.6. The van der Waals surface area contributed by atoms with Crippen LogP contribution in [0.5, 0.6) is 0 Å². The third-order valence-corrected chi connectivity index (χ3v) is 3.69. The summed E-state index contributed by atoms with van der Waals surface area (Å²) in [7, 11) is 0. The number of hydrogen-bond donors (Lipinski definition) is 0. The molecule has 0 radical (unpaired) electrons. The number of carbonyl (C=O) groups excluding carboxylic acids is 2. The molecule has 0 heterocycles. The Morgan fingerprint density at radius 2 is 2.23 bits per heavy atom. The molecule has 0 saturated heterocycles. The summed E-state index contributed by atoms with van der Waals surface area (Å²) >= 11 is 0. The van der Waals surface area contributed by atoms with Crippen LogP contribution in [0.15, 0.2) is 0 Å². The van der Waals surface area contributed by atoms with Gasteiger partial charge in [0.2, 0.25) is 0 Å². The van der Waals surface area contributed by atoms with E-state index in [1.807, 2.05) is 13.8 Å². The molecule has 0 aromatic heterocycles. The van der Waals surface area contributed by atoms with E-state index in [9.17, 15) is 9.59 Å². The lowest BCUT2D eigenvalue weighted by Crippen LogP contribution is -2.42. The summed E-state index contributed by atoms with van der Waals surface area (Å²) in [6.45, 7) is 5.54. The lowest BCUT2D eigenvalue weighted by atomic mass is 9.63. The van der Waals surface area contributed by atoms with Crippen molar-refractivity contribution in [3.8, 4) is 0 Å². The Hall–Kier alpha value is -0.660. The van der Waals surface area contributed by atoms with E-state index in [0.29, 0.717) is 6.42 Å². The number of hydrogen-bond acceptors (Lipinski definition) is 2. The highest BCUT2D eigenvalue weighted by Crippen LogP contribution is 2.42. The van der Waals surface area contributed by atoms with Gasteiger partial charge in [0.1, 0.15) is 11.6 Å². The highest BCUT2D eigenvalue weighted by atomic mass is 16.1. The molecule has 2 nitrogen and oxygen atoms in total. The van der Waals surface area contributed by atoms with Gasteiger partial charge in [-0.25, -0.2) is 0 Å². The summed E-state index contributed by atoms with van der Waals surface area (Å²) in [5.74, 6) is 0.391. The molecule has 0 spiro atoms. The minimum atomic E-state index is -0.338. The second kappa shape index (κ2) is 3.60. The molecule has 1 unspecified atom stereocenters. The van der Waals surface area contributed by atoms with E-state index in [0.717, 1.165) is 19.3 Å². The molecule has 0 N–H and O–H groups in total. The predicted molar refractivity (Wildman–Crippen MR) is 51.4 cm³/mol. The van der Waals surface area contributed by atoms with Crippen LogP contribution in [-0.4, -0.2) is 11.6 Å². The van der Waals surface area contributed by atoms with Crippen molar-refractivity contribution in [3.63, 3.8) is 0 Å². The van der Waals surface area contributed by atoms with Crippen LogP contribution >= 0.6 is 0 Å². The summed E-state index contributed by atoms with van der Waals surface area (Å²) in [4.78, 5) is 23.1. The summed E-state index contributed by atoms with van der Waals surface area (Å²) in [6, 6.07) is 0. The van der Waals surface area contributed by atoms with Gasteiger partial charge in [0.25, 0.3) is 0 Å². The van der Waals surface area contributed by atoms with E-state index < -0.39 is 0 Å². The van der Waals surface area contributed by atoms with Crippen molar-refractivity contribution in [1.82, 2.24) is 0 Å². The Morgan fingerprint density at radius 3 is 2.62 bits per heavy atom. The molecular weight excluding hydrogens is 164 g/mol. The third-order valence-electron chi connectivity index (χ3n) is 3.69. The smallest absolute Gasteiger partial charge is 0.136 e. The molecule has 13 heavy (non-hydrogen) atoms. The maximum atomic E-state index is 11.6. The fourth-order valence-corrected chi connectivity index (χ4v) is 2.53. The first-order valence-corrected chi connectivity index (χ1v) is 5.08. The molecule has 1 rings (SSSR count). The minimum Gasteiger partial charge on any atom is -0.299 e.